The Labute approximate surface area is 113 Å². The molecule has 2 nitrogen and oxygen atoms in total. The van der Waals surface area contributed by atoms with Crippen molar-refractivity contribution in [2.24, 2.45) is 0 Å². The van der Waals surface area contributed by atoms with E-state index < -0.39 is 0 Å². The number of hydrogen-bond acceptors (Lipinski definition) is 2. The number of anilines is 1. The van der Waals surface area contributed by atoms with Crippen LogP contribution < -0.4 is 5.32 Å². The molecule has 100 valence electrons. The average Bonchev–Trinajstić information content (AvgIpc) is 2.36. The second kappa shape index (κ2) is 5.83. The molecular weight excluding hydrogens is 239 g/mol. The molecule has 0 amide bonds. The van der Waals surface area contributed by atoms with Crippen LogP contribution in [0.15, 0.2) is 36.4 Å². The highest BCUT2D eigenvalue weighted by molar-refractivity contribution is 5.48. The first-order chi connectivity index (χ1) is 9.06. The zero-order valence-corrected chi connectivity index (χ0v) is 11.6. The van der Waals surface area contributed by atoms with E-state index >= 15 is 0 Å². The molecule has 19 heavy (non-hydrogen) atoms. The third-order valence-electron chi connectivity index (χ3n) is 3.11. The summed E-state index contributed by atoms with van der Waals surface area (Å²) >= 11 is 0. The third kappa shape index (κ3) is 3.53. The Hall–Kier alpha value is -1.90. The Morgan fingerprint density at radius 2 is 1.89 bits per heavy atom. The number of aromatic nitrogens is 1. The first kappa shape index (κ1) is 13.5. The largest absolute Gasteiger partial charge is 0.381 e. The van der Waals surface area contributed by atoms with Crippen molar-refractivity contribution < 1.29 is 4.39 Å². The molecule has 1 N–H and O–H groups in total. The lowest BCUT2D eigenvalue weighted by Gasteiger charge is -2.17. The van der Waals surface area contributed by atoms with E-state index in [4.69, 9.17) is 0 Å². The second-order valence-corrected chi connectivity index (χ2v) is 4.93. The maximum atomic E-state index is 13.6. The van der Waals surface area contributed by atoms with Crippen LogP contribution >= 0.6 is 0 Å². The van der Waals surface area contributed by atoms with Gasteiger partial charge in [0.15, 0.2) is 0 Å². The quantitative estimate of drug-likeness (QED) is 0.900. The molecule has 1 aromatic carbocycles. The fourth-order valence-corrected chi connectivity index (χ4v) is 2.15. The van der Waals surface area contributed by atoms with Crippen LogP contribution in [0.2, 0.25) is 0 Å². The molecule has 0 bridgehead atoms. The van der Waals surface area contributed by atoms with E-state index in [0.29, 0.717) is 6.42 Å². The van der Waals surface area contributed by atoms with Gasteiger partial charge in [0.05, 0.1) is 11.4 Å². The summed E-state index contributed by atoms with van der Waals surface area (Å²) in [7, 11) is 0. The standard InChI is InChI=1S/C16H19FN2/c1-11-8-9-16(13(3)18-11)19-12(2)10-14-6-4-5-7-15(14)17/h4-9,12,19H,10H2,1-3H3. The van der Waals surface area contributed by atoms with Crippen molar-refractivity contribution in [1.82, 2.24) is 4.98 Å². The number of nitrogens with zero attached hydrogens (tertiary/aromatic N) is 1. The van der Waals surface area contributed by atoms with Gasteiger partial charge in [-0.2, -0.15) is 0 Å². The maximum Gasteiger partial charge on any atom is 0.126 e. The van der Waals surface area contributed by atoms with Gasteiger partial charge < -0.3 is 5.32 Å². The highest BCUT2D eigenvalue weighted by atomic mass is 19.1. The molecule has 2 aromatic rings. The van der Waals surface area contributed by atoms with E-state index in [0.717, 1.165) is 22.6 Å². The number of pyridine rings is 1. The predicted octanol–water partition coefficient (Wildman–Crippen LogP) is 3.88. The van der Waals surface area contributed by atoms with Gasteiger partial charge in [0, 0.05) is 11.7 Å². The van der Waals surface area contributed by atoms with E-state index in [2.05, 4.69) is 10.3 Å². The normalized spacial score (nSPS) is 12.2. The first-order valence-corrected chi connectivity index (χ1v) is 6.50. The van der Waals surface area contributed by atoms with Crippen LogP contribution in [0, 0.1) is 19.7 Å². The van der Waals surface area contributed by atoms with E-state index in [1.165, 1.54) is 6.07 Å². The van der Waals surface area contributed by atoms with Crippen molar-refractivity contribution in [3.05, 3.63) is 59.2 Å². The number of nitrogens with one attached hydrogen (secondary N) is 1. The van der Waals surface area contributed by atoms with Crippen LogP contribution in [-0.4, -0.2) is 11.0 Å². The summed E-state index contributed by atoms with van der Waals surface area (Å²) in [5, 5.41) is 3.38. The summed E-state index contributed by atoms with van der Waals surface area (Å²) in [4.78, 5) is 4.41. The summed E-state index contributed by atoms with van der Waals surface area (Å²) in [6.45, 7) is 6.00. The minimum atomic E-state index is -0.144. The predicted molar refractivity (Wildman–Crippen MR) is 76.9 cm³/mol. The van der Waals surface area contributed by atoms with Crippen molar-refractivity contribution in [2.45, 2.75) is 33.2 Å². The number of aryl methyl sites for hydroxylation is 2. The molecular formula is C16H19FN2. The van der Waals surface area contributed by atoms with Gasteiger partial charge in [0.2, 0.25) is 0 Å². The zero-order valence-electron chi connectivity index (χ0n) is 11.6. The van der Waals surface area contributed by atoms with Gasteiger partial charge in [-0.05, 0) is 51.0 Å². The minimum absolute atomic E-state index is 0.144. The topological polar surface area (TPSA) is 24.9 Å². The fourth-order valence-electron chi connectivity index (χ4n) is 2.15. The molecule has 0 spiro atoms. The molecule has 0 aliphatic heterocycles. The highest BCUT2D eigenvalue weighted by Gasteiger charge is 2.09. The zero-order chi connectivity index (χ0) is 13.8. The van der Waals surface area contributed by atoms with E-state index in [9.17, 15) is 4.39 Å². The number of hydrogen-bond donors (Lipinski definition) is 1. The molecule has 0 saturated carbocycles. The third-order valence-corrected chi connectivity index (χ3v) is 3.11. The Morgan fingerprint density at radius 3 is 2.58 bits per heavy atom. The van der Waals surface area contributed by atoms with Crippen LogP contribution in [0.5, 0.6) is 0 Å². The Balaban J connectivity index is 2.05. The smallest absolute Gasteiger partial charge is 0.126 e. The van der Waals surface area contributed by atoms with Crippen LogP contribution in [-0.2, 0) is 6.42 Å². The molecule has 0 saturated heterocycles. The lowest BCUT2D eigenvalue weighted by Crippen LogP contribution is -2.19. The average molecular weight is 258 g/mol. The monoisotopic (exact) mass is 258 g/mol. The van der Waals surface area contributed by atoms with E-state index in [1.807, 2.05) is 45.0 Å². The van der Waals surface area contributed by atoms with Gasteiger partial charge in [-0.15, -0.1) is 0 Å². The van der Waals surface area contributed by atoms with Gasteiger partial charge in [-0.1, -0.05) is 18.2 Å². The lowest BCUT2D eigenvalue weighted by atomic mass is 10.1. The lowest BCUT2D eigenvalue weighted by molar-refractivity contribution is 0.601. The van der Waals surface area contributed by atoms with Crippen LogP contribution in [0.4, 0.5) is 10.1 Å². The molecule has 1 unspecified atom stereocenters. The van der Waals surface area contributed by atoms with Crippen molar-refractivity contribution in [2.75, 3.05) is 5.32 Å². The molecule has 0 radical (unpaired) electrons. The number of benzene rings is 1. The maximum absolute atomic E-state index is 13.6. The summed E-state index contributed by atoms with van der Waals surface area (Å²) in [5.41, 5.74) is 3.72. The van der Waals surface area contributed by atoms with E-state index in [-0.39, 0.29) is 11.9 Å². The van der Waals surface area contributed by atoms with Crippen molar-refractivity contribution in [3.63, 3.8) is 0 Å². The molecule has 1 heterocycles. The molecule has 1 aromatic heterocycles. The van der Waals surface area contributed by atoms with E-state index in [1.54, 1.807) is 6.07 Å². The van der Waals surface area contributed by atoms with Crippen LogP contribution in [0.25, 0.3) is 0 Å². The Bertz CT molecular complexity index is 566. The van der Waals surface area contributed by atoms with Gasteiger partial charge >= 0.3 is 0 Å². The minimum Gasteiger partial charge on any atom is -0.381 e. The van der Waals surface area contributed by atoms with Gasteiger partial charge in [-0.25, -0.2) is 4.39 Å². The summed E-state index contributed by atoms with van der Waals surface area (Å²) < 4.78 is 13.6. The molecule has 0 aliphatic rings. The molecule has 1 atom stereocenters. The molecule has 3 heteroatoms. The number of halogens is 1. The second-order valence-electron chi connectivity index (χ2n) is 4.93. The highest BCUT2D eigenvalue weighted by Crippen LogP contribution is 2.16. The van der Waals surface area contributed by atoms with Gasteiger partial charge in [0.25, 0.3) is 0 Å². The molecule has 2 rings (SSSR count). The fraction of sp³-hybridized carbons (Fsp3) is 0.312. The van der Waals surface area contributed by atoms with Gasteiger partial charge in [0.1, 0.15) is 5.82 Å². The van der Waals surface area contributed by atoms with Crippen LogP contribution in [0.1, 0.15) is 23.9 Å². The summed E-state index contributed by atoms with van der Waals surface area (Å²) in [6, 6.07) is 11.1. The summed E-state index contributed by atoms with van der Waals surface area (Å²) in [6.07, 6.45) is 0.653. The molecule has 0 aliphatic carbocycles. The van der Waals surface area contributed by atoms with Crippen molar-refractivity contribution >= 4 is 5.69 Å². The van der Waals surface area contributed by atoms with Gasteiger partial charge in [-0.3, -0.25) is 4.98 Å². The SMILES string of the molecule is Cc1ccc(NC(C)Cc2ccccc2F)c(C)n1. The Morgan fingerprint density at radius 1 is 1.16 bits per heavy atom. The Kier molecular flexibility index (Phi) is 4.15. The summed E-state index contributed by atoms with van der Waals surface area (Å²) in [5.74, 6) is -0.144. The van der Waals surface area contributed by atoms with Crippen LogP contribution in [0.3, 0.4) is 0 Å². The number of rotatable bonds is 4. The first-order valence-electron chi connectivity index (χ1n) is 6.50. The van der Waals surface area contributed by atoms with Crippen molar-refractivity contribution in [3.8, 4) is 0 Å². The van der Waals surface area contributed by atoms with Crippen molar-refractivity contribution in [1.29, 1.82) is 0 Å². The molecule has 0 fully saturated rings.